The highest BCUT2D eigenvalue weighted by Crippen LogP contribution is 2.05. The van der Waals surface area contributed by atoms with Crippen molar-refractivity contribution in [3.63, 3.8) is 0 Å². The fourth-order valence-corrected chi connectivity index (χ4v) is 1.25. The van der Waals surface area contributed by atoms with Crippen molar-refractivity contribution in [2.75, 3.05) is 0 Å². The van der Waals surface area contributed by atoms with Crippen LogP contribution in [0.4, 0.5) is 0 Å². The van der Waals surface area contributed by atoms with Crippen molar-refractivity contribution in [3.05, 3.63) is 23.1 Å². The molecule has 0 aliphatic carbocycles. The molecule has 0 bridgehead atoms. The van der Waals surface area contributed by atoms with E-state index in [4.69, 9.17) is 9.63 Å². The lowest BCUT2D eigenvalue weighted by molar-refractivity contribution is 0.0689. The van der Waals surface area contributed by atoms with E-state index in [-0.39, 0.29) is 12.2 Å². The third-order valence-electron chi connectivity index (χ3n) is 2.05. The van der Waals surface area contributed by atoms with Crippen LogP contribution < -0.4 is 0 Å². The number of hydrogen-bond acceptors (Lipinski definition) is 6. The Morgan fingerprint density at radius 1 is 1.50 bits per heavy atom. The molecule has 84 valence electrons. The summed E-state index contributed by atoms with van der Waals surface area (Å²) in [6, 6.07) is 0. The van der Waals surface area contributed by atoms with Crippen LogP contribution in [0.25, 0.3) is 0 Å². The first-order chi connectivity index (χ1) is 7.58. The molecule has 0 radical (unpaired) electrons. The number of aryl methyl sites for hydroxylation is 1. The molecule has 0 saturated carbocycles. The van der Waals surface area contributed by atoms with Crippen LogP contribution in [0.1, 0.15) is 27.9 Å². The van der Waals surface area contributed by atoms with Gasteiger partial charge in [-0.3, -0.25) is 0 Å². The Morgan fingerprint density at radius 3 is 2.75 bits per heavy atom. The number of hydrogen-bond donors (Lipinski definition) is 1. The lowest BCUT2D eigenvalue weighted by atomic mass is 10.3. The lowest BCUT2D eigenvalue weighted by Crippen LogP contribution is -2.07. The first-order valence-corrected chi connectivity index (χ1v) is 4.50. The van der Waals surface area contributed by atoms with E-state index in [0.29, 0.717) is 17.4 Å². The lowest BCUT2D eigenvalue weighted by Gasteiger charge is -1.97. The second-order valence-electron chi connectivity index (χ2n) is 3.22. The fraction of sp³-hybridized carbons (Fsp3) is 0.375. The van der Waals surface area contributed by atoms with Gasteiger partial charge in [0.2, 0.25) is 5.89 Å². The van der Waals surface area contributed by atoms with Crippen molar-refractivity contribution < 1.29 is 14.4 Å². The Hall–Kier alpha value is -2.25. The molecular weight excluding hydrogens is 214 g/mol. The van der Waals surface area contributed by atoms with E-state index in [2.05, 4.69) is 20.5 Å². The number of carboxylic acids is 1. The van der Waals surface area contributed by atoms with Gasteiger partial charge in [0.15, 0.2) is 11.5 Å². The molecular formula is C8H9N5O3. The van der Waals surface area contributed by atoms with Crippen LogP contribution in [0, 0.1) is 13.8 Å². The molecule has 8 nitrogen and oxygen atoms in total. The number of rotatable bonds is 3. The molecule has 2 heterocycles. The summed E-state index contributed by atoms with van der Waals surface area (Å²) in [5, 5.41) is 19.7. The molecule has 16 heavy (non-hydrogen) atoms. The van der Waals surface area contributed by atoms with Crippen molar-refractivity contribution in [3.8, 4) is 0 Å². The zero-order valence-corrected chi connectivity index (χ0v) is 8.71. The highest BCUT2D eigenvalue weighted by Gasteiger charge is 2.16. The van der Waals surface area contributed by atoms with E-state index in [9.17, 15) is 4.79 Å². The Bertz CT molecular complexity index is 530. The summed E-state index contributed by atoms with van der Waals surface area (Å²) < 4.78 is 6.20. The zero-order valence-electron chi connectivity index (χ0n) is 8.71. The number of aromatic nitrogens is 5. The molecule has 2 aromatic heterocycles. The van der Waals surface area contributed by atoms with Gasteiger partial charge in [0.1, 0.15) is 6.54 Å². The van der Waals surface area contributed by atoms with Crippen LogP contribution in [0.15, 0.2) is 4.52 Å². The maximum Gasteiger partial charge on any atom is 0.358 e. The molecule has 0 amide bonds. The van der Waals surface area contributed by atoms with Gasteiger partial charge >= 0.3 is 5.97 Å². The van der Waals surface area contributed by atoms with Crippen molar-refractivity contribution in [1.82, 2.24) is 25.1 Å². The minimum absolute atomic E-state index is 0.0692. The van der Waals surface area contributed by atoms with Crippen LogP contribution in [0.2, 0.25) is 0 Å². The van der Waals surface area contributed by atoms with E-state index in [1.807, 2.05) is 0 Å². The maximum absolute atomic E-state index is 10.7. The second-order valence-corrected chi connectivity index (χ2v) is 3.22. The summed E-state index contributed by atoms with van der Waals surface area (Å²) >= 11 is 0. The summed E-state index contributed by atoms with van der Waals surface area (Å²) in [4.78, 5) is 14.7. The summed E-state index contributed by atoms with van der Waals surface area (Å²) in [5.41, 5.74) is 0.384. The highest BCUT2D eigenvalue weighted by molar-refractivity contribution is 5.86. The third-order valence-corrected chi connectivity index (χ3v) is 2.05. The SMILES string of the molecule is Cc1nc(Cn2nnc(C(=O)O)c2C)no1. The predicted molar refractivity (Wildman–Crippen MR) is 49.9 cm³/mol. The van der Waals surface area contributed by atoms with Crippen molar-refractivity contribution in [2.45, 2.75) is 20.4 Å². The molecule has 0 spiro atoms. The molecule has 0 atom stereocenters. The monoisotopic (exact) mass is 223 g/mol. The average molecular weight is 223 g/mol. The largest absolute Gasteiger partial charge is 0.476 e. The molecule has 2 rings (SSSR count). The quantitative estimate of drug-likeness (QED) is 0.781. The minimum Gasteiger partial charge on any atom is -0.476 e. The Morgan fingerprint density at radius 2 is 2.25 bits per heavy atom. The van der Waals surface area contributed by atoms with E-state index >= 15 is 0 Å². The Kier molecular flexibility index (Phi) is 2.39. The second kappa shape index (κ2) is 3.72. The molecule has 0 aromatic carbocycles. The number of aromatic carboxylic acids is 1. The first kappa shape index (κ1) is 10.3. The average Bonchev–Trinajstić information content (AvgIpc) is 2.76. The van der Waals surface area contributed by atoms with Crippen LogP contribution in [-0.2, 0) is 6.54 Å². The van der Waals surface area contributed by atoms with Gasteiger partial charge in [0.05, 0.1) is 5.69 Å². The van der Waals surface area contributed by atoms with E-state index in [1.165, 1.54) is 4.68 Å². The Balaban J connectivity index is 2.25. The molecule has 0 saturated heterocycles. The van der Waals surface area contributed by atoms with Gasteiger partial charge < -0.3 is 9.63 Å². The van der Waals surface area contributed by atoms with Gasteiger partial charge in [-0.1, -0.05) is 10.4 Å². The molecule has 0 fully saturated rings. The molecule has 8 heteroatoms. The highest BCUT2D eigenvalue weighted by atomic mass is 16.5. The zero-order chi connectivity index (χ0) is 11.7. The van der Waals surface area contributed by atoms with E-state index in [1.54, 1.807) is 13.8 Å². The predicted octanol–water partition coefficient (Wildman–Crippen LogP) is 0.0244. The van der Waals surface area contributed by atoms with Gasteiger partial charge in [-0.2, -0.15) is 4.98 Å². The molecule has 0 unspecified atom stereocenters. The summed E-state index contributed by atoms with van der Waals surface area (Å²) in [6.45, 7) is 3.53. The van der Waals surface area contributed by atoms with Crippen molar-refractivity contribution in [1.29, 1.82) is 0 Å². The van der Waals surface area contributed by atoms with Crippen molar-refractivity contribution >= 4 is 5.97 Å². The number of nitrogens with zero attached hydrogens (tertiary/aromatic N) is 5. The standard InChI is InChI=1S/C8H9N5O3/c1-4-7(8(14)15)10-12-13(4)3-6-9-5(2)16-11-6/h3H2,1-2H3,(H,14,15). The first-order valence-electron chi connectivity index (χ1n) is 4.50. The van der Waals surface area contributed by atoms with E-state index in [0.717, 1.165) is 0 Å². The number of carboxylic acid groups (broad SMARTS) is 1. The van der Waals surface area contributed by atoms with Crippen LogP contribution in [-0.4, -0.2) is 36.2 Å². The smallest absolute Gasteiger partial charge is 0.358 e. The maximum atomic E-state index is 10.7. The molecule has 1 N–H and O–H groups in total. The Labute approximate surface area is 89.9 Å². The van der Waals surface area contributed by atoms with Crippen LogP contribution >= 0.6 is 0 Å². The van der Waals surface area contributed by atoms with Gasteiger partial charge in [0, 0.05) is 6.92 Å². The summed E-state index contributed by atoms with van der Waals surface area (Å²) in [7, 11) is 0. The summed E-state index contributed by atoms with van der Waals surface area (Å²) in [5.74, 6) is -0.221. The number of carbonyl (C=O) groups is 1. The normalized spacial score (nSPS) is 10.6. The summed E-state index contributed by atoms with van der Waals surface area (Å²) in [6.07, 6.45) is 0. The third kappa shape index (κ3) is 1.76. The fourth-order valence-electron chi connectivity index (χ4n) is 1.25. The van der Waals surface area contributed by atoms with Gasteiger partial charge in [0.25, 0.3) is 0 Å². The van der Waals surface area contributed by atoms with Gasteiger partial charge in [-0.15, -0.1) is 5.10 Å². The molecule has 2 aromatic rings. The molecule has 0 aliphatic heterocycles. The van der Waals surface area contributed by atoms with Gasteiger partial charge in [-0.05, 0) is 6.92 Å². The van der Waals surface area contributed by atoms with Crippen molar-refractivity contribution in [2.24, 2.45) is 0 Å². The minimum atomic E-state index is -1.10. The van der Waals surface area contributed by atoms with Gasteiger partial charge in [-0.25, -0.2) is 9.48 Å². The van der Waals surface area contributed by atoms with Crippen LogP contribution in [0.3, 0.4) is 0 Å². The van der Waals surface area contributed by atoms with Crippen LogP contribution in [0.5, 0.6) is 0 Å². The topological polar surface area (TPSA) is 107 Å². The molecule has 0 aliphatic rings. The van der Waals surface area contributed by atoms with E-state index < -0.39 is 5.97 Å².